The van der Waals surface area contributed by atoms with Crippen LogP contribution in [0.15, 0.2) is 0 Å². The van der Waals surface area contributed by atoms with Gasteiger partial charge in [0.2, 0.25) is 5.91 Å². The summed E-state index contributed by atoms with van der Waals surface area (Å²) in [5.41, 5.74) is 0. The Bertz CT molecular complexity index is 255. The average Bonchev–Trinajstić information content (AvgIpc) is 2.45. The lowest BCUT2D eigenvalue weighted by Crippen LogP contribution is -2.49. The molecule has 2 N–H and O–H groups in total. The average molecular weight is 271 g/mol. The number of ether oxygens (including phenoxy) is 1. The van der Waals surface area contributed by atoms with Crippen LogP contribution >= 0.6 is 0 Å². The molecule has 112 valence electrons. The highest BCUT2D eigenvalue weighted by atomic mass is 16.5. The minimum Gasteiger partial charge on any atom is -0.383 e. The van der Waals surface area contributed by atoms with Crippen molar-refractivity contribution < 1.29 is 9.53 Å². The van der Waals surface area contributed by atoms with Crippen molar-refractivity contribution in [1.29, 1.82) is 0 Å². The third-order valence-corrected chi connectivity index (χ3v) is 3.73. The number of hydrogen-bond acceptors (Lipinski definition) is 4. The van der Waals surface area contributed by atoms with Crippen molar-refractivity contribution in [2.45, 2.75) is 45.2 Å². The molecule has 5 nitrogen and oxygen atoms in total. The molecule has 0 saturated carbocycles. The van der Waals surface area contributed by atoms with E-state index in [-0.39, 0.29) is 11.9 Å². The summed E-state index contributed by atoms with van der Waals surface area (Å²) in [6.07, 6.45) is 3.96. The van der Waals surface area contributed by atoms with Gasteiger partial charge in [-0.25, -0.2) is 0 Å². The van der Waals surface area contributed by atoms with Crippen LogP contribution in [0.3, 0.4) is 0 Å². The summed E-state index contributed by atoms with van der Waals surface area (Å²) < 4.78 is 4.91. The van der Waals surface area contributed by atoms with Crippen molar-refractivity contribution in [2.24, 2.45) is 0 Å². The summed E-state index contributed by atoms with van der Waals surface area (Å²) >= 11 is 0. The molecule has 1 saturated heterocycles. The molecule has 1 aliphatic rings. The Balaban J connectivity index is 2.17. The summed E-state index contributed by atoms with van der Waals surface area (Å²) in [5, 5.41) is 6.16. The van der Waals surface area contributed by atoms with Crippen molar-refractivity contribution >= 4 is 5.91 Å². The molecule has 0 aromatic rings. The Labute approximate surface area is 117 Å². The number of hydrogen-bond donors (Lipinski definition) is 2. The van der Waals surface area contributed by atoms with E-state index >= 15 is 0 Å². The van der Waals surface area contributed by atoms with Gasteiger partial charge in [-0.1, -0.05) is 6.42 Å². The lowest BCUT2D eigenvalue weighted by Gasteiger charge is -2.33. The van der Waals surface area contributed by atoms with Crippen molar-refractivity contribution in [3.63, 3.8) is 0 Å². The lowest BCUT2D eigenvalue weighted by atomic mass is 10.1. The van der Waals surface area contributed by atoms with Crippen LogP contribution in [0.4, 0.5) is 0 Å². The number of piperidine rings is 1. The largest absolute Gasteiger partial charge is 0.383 e. The Hall–Kier alpha value is -0.650. The normalized spacial score (nSPS) is 19.9. The van der Waals surface area contributed by atoms with Gasteiger partial charge in [0.15, 0.2) is 0 Å². The molecule has 19 heavy (non-hydrogen) atoms. The fourth-order valence-electron chi connectivity index (χ4n) is 2.36. The molecule has 2 atom stereocenters. The monoisotopic (exact) mass is 271 g/mol. The molecule has 5 heteroatoms. The molecule has 1 aliphatic heterocycles. The molecule has 0 aromatic carbocycles. The predicted molar refractivity (Wildman–Crippen MR) is 77.2 cm³/mol. The van der Waals surface area contributed by atoms with Crippen LogP contribution in [0.2, 0.25) is 0 Å². The second-order valence-corrected chi connectivity index (χ2v) is 5.36. The van der Waals surface area contributed by atoms with Gasteiger partial charge in [0.05, 0.1) is 12.6 Å². The number of carbonyl (C=O) groups is 1. The minimum atomic E-state index is -0.149. The van der Waals surface area contributed by atoms with Crippen LogP contribution in [0.5, 0.6) is 0 Å². The zero-order valence-corrected chi connectivity index (χ0v) is 12.6. The van der Waals surface area contributed by atoms with Gasteiger partial charge in [0, 0.05) is 26.2 Å². The molecule has 0 spiro atoms. The van der Waals surface area contributed by atoms with Gasteiger partial charge in [-0.3, -0.25) is 9.69 Å². The van der Waals surface area contributed by atoms with Crippen molar-refractivity contribution in [2.75, 3.05) is 39.9 Å². The van der Waals surface area contributed by atoms with E-state index in [4.69, 9.17) is 4.74 Å². The third kappa shape index (κ3) is 6.36. The van der Waals surface area contributed by atoms with E-state index in [1.54, 1.807) is 7.11 Å². The first-order valence-electron chi connectivity index (χ1n) is 7.39. The standard InChI is InChI=1S/C14H29N3O2/c1-12(17-8-5-4-6-9-17)11-16-13(2)14(18)15-7-10-19-3/h12-13,16H,4-11H2,1-3H3,(H,15,18). The van der Waals surface area contributed by atoms with E-state index in [9.17, 15) is 4.79 Å². The molecule has 0 bridgehead atoms. The van der Waals surface area contributed by atoms with E-state index < -0.39 is 0 Å². The van der Waals surface area contributed by atoms with Crippen molar-refractivity contribution in [1.82, 2.24) is 15.5 Å². The number of nitrogens with zero attached hydrogens (tertiary/aromatic N) is 1. The first kappa shape index (κ1) is 16.4. The summed E-state index contributed by atoms with van der Waals surface area (Å²) in [7, 11) is 1.63. The topological polar surface area (TPSA) is 53.6 Å². The Morgan fingerprint density at radius 3 is 2.58 bits per heavy atom. The molecule has 0 radical (unpaired) electrons. The molecule has 1 fully saturated rings. The highest BCUT2D eigenvalue weighted by molar-refractivity contribution is 5.81. The smallest absolute Gasteiger partial charge is 0.236 e. The van der Waals surface area contributed by atoms with Crippen molar-refractivity contribution in [3.05, 3.63) is 0 Å². The third-order valence-electron chi connectivity index (χ3n) is 3.73. The Kier molecular flexibility index (Phi) is 8.02. The highest BCUT2D eigenvalue weighted by Crippen LogP contribution is 2.11. The maximum Gasteiger partial charge on any atom is 0.236 e. The highest BCUT2D eigenvalue weighted by Gasteiger charge is 2.18. The Morgan fingerprint density at radius 2 is 1.95 bits per heavy atom. The van der Waals surface area contributed by atoms with E-state index in [0.717, 1.165) is 6.54 Å². The van der Waals surface area contributed by atoms with Crippen LogP contribution in [0.25, 0.3) is 0 Å². The van der Waals surface area contributed by atoms with Crippen LogP contribution in [0.1, 0.15) is 33.1 Å². The van der Waals surface area contributed by atoms with Gasteiger partial charge in [-0.2, -0.15) is 0 Å². The van der Waals surface area contributed by atoms with Crippen LogP contribution in [-0.4, -0.2) is 62.8 Å². The molecule has 0 aromatic heterocycles. The fourth-order valence-corrected chi connectivity index (χ4v) is 2.36. The first-order chi connectivity index (χ1) is 9.15. The molecule has 1 amide bonds. The van der Waals surface area contributed by atoms with Crippen LogP contribution in [-0.2, 0) is 9.53 Å². The van der Waals surface area contributed by atoms with Crippen LogP contribution < -0.4 is 10.6 Å². The first-order valence-corrected chi connectivity index (χ1v) is 7.39. The van der Waals surface area contributed by atoms with E-state index in [0.29, 0.717) is 19.2 Å². The zero-order valence-electron chi connectivity index (χ0n) is 12.6. The summed E-state index contributed by atoms with van der Waals surface area (Å²) in [5.74, 6) is 0.0443. The zero-order chi connectivity index (χ0) is 14.1. The number of carbonyl (C=O) groups excluding carboxylic acids is 1. The number of nitrogens with one attached hydrogen (secondary N) is 2. The predicted octanol–water partition coefficient (Wildman–Crippen LogP) is 0.602. The maximum atomic E-state index is 11.8. The molecular weight excluding hydrogens is 242 g/mol. The second-order valence-electron chi connectivity index (χ2n) is 5.36. The maximum absolute atomic E-state index is 11.8. The van der Waals surface area contributed by atoms with E-state index in [2.05, 4.69) is 22.5 Å². The van der Waals surface area contributed by atoms with Crippen molar-refractivity contribution in [3.8, 4) is 0 Å². The summed E-state index contributed by atoms with van der Waals surface area (Å²) in [6, 6.07) is 0.346. The van der Waals surface area contributed by atoms with Gasteiger partial charge in [0.25, 0.3) is 0 Å². The molecular formula is C14H29N3O2. The summed E-state index contributed by atoms with van der Waals surface area (Å²) in [4.78, 5) is 14.3. The lowest BCUT2D eigenvalue weighted by molar-refractivity contribution is -0.123. The van der Waals surface area contributed by atoms with Gasteiger partial charge < -0.3 is 15.4 Å². The molecule has 2 unspecified atom stereocenters. The number of rotatable bonds is 8. The second kappa shape index (κ2) is 9.28. The number of likely N-dealkylation sites (tertiary alicyclic amines) is 1. The molecule has 0 aliphatic carbocycles. The minimum absolute atomic E-state index is 0.0443. The van der Waals surface area contributed by atoms with E-state index in [1.165, 1.54) is 32.4 Å². The SMILES string of the molecule is COCCNC(=O)C(C)NCC(C)N1CCCCC1. The fraction of sp³-hybridized carbons (Fsp3) is 0.929. The number of amides is 1. The van der Waals surface area contributed by atoms with Gasteiger partial charge >= 0.3 is 0 Å². The van der Waals surface area contributed by atoms with Gasteiger partial charge in [-0.05, 0) is 39.8 Å². The Morgan fingerprint density at radius 1 is 1.26 bits per heavy atom. The van der Waals surface area contributed by atoms with Gasteiger partial charge in [0.1, 0.15) is 0 Å². The van der Waals surface area contributed by atoms with Crippen LogP contribution in [0, 0.1) is 0 Å². The quantitative estimate of drug-likeness (QED) is 0.635. The molecule has 1 rings (SSSR count). The molecule has 1 heterocycles. The van der Waals surface area contributed by atoms with E-state index in [1.807, 2.05) is 6.92 Å². The number of methoxy groups -OCH3 is 1. The summed E-state index contributed by atoms with van der Waals surface area (Å²) in [6.45, 7) is 8.51. The van der Waals surface area contributed by atoms with Gasteiger partial charge in [-0.15, -0.1) is 0 Å².